The summed E-state index contributed by atoms with van der Waals surface area (Å²) in [4.78, 5) is 0. The molecule has 0 atom stereocenters. The molecule has 0 radical (unpaired) electrons. The molecule has 3 aromatic rings. The molecule has 0 saturated carbocycles. The van der Waals surface area contributed by atoms with Gasteiger partial charge in [-0.3, -0.25) is 9.36 Å². The summed E-state index contributed by atoms with van der Waals surface area (Å²) in [5.74, 6) is 0. The minimum atomic E-state index is 0.538. The van der Waals surface area contributed by atoms with E-state index in [1.807, 2.05) is 41.4 Å². The summed E-state index contributed by atoms with van der Waals surface area (Å²) in [6.45, 7) is 8.05. The quantitative estimate of drug-likeness (QED) is 0.554. The van der Waals surface area contributed by atoms with E-state index in [1.165, 1.54) is 0 Å². The number of halogens is 2. The van der Waals surface area contributed by atoms with Crippen LogP contribution in [0.25, 0.3) is 0 Å². The number of thiocarbonyl (C=S) groups is 1. The summed E-state index contributed by atoms with van der Waals surface area (Å²) < 4.78 is 3.85. The largest absolute Gasteiger partial charge is 0.357 e. The molecule has 2 aromatic heterocycles. The second kappa shape index (κ2) is 8.94. The zero-order valence-corrected chi connectivity index (χ0v) is 18.3. The third-order valence-corrected chi connectivity index (χ3v) is 5.46. The fourth-order valence-corrected chi connectivity index (χ4v) is 3.46. The average molecular weight is 437 g/mol. The van der Waals surface area contributed by atoms with Crippen molar-refractivity contribution in [2.24, 2.45) is 0 Å². The van der Waals surface area contributed by atoms with Crippen molar-refractivity contribution in [3.05, 3.63) is 63.2 Å². The van der Waals surface area contributed by atoms with Gasteiger partial charge in [0.15, 0.2) is 5.11 Å². The van der Waals surface area contributed by atoms with Gasteiger partial charge in [-0.25, -0.2) is 0 Å². The molecule has 28 heavy (non-hydrogen) atoms. The van der Waals surface area contributed by atoms with Gasteiger partial charge in [0.05, 0.1) is 45.9 Å². The minimum absolute atomic E-state index is 0.538. The van der Waals surface area contributed by atoms with E-state index in [9.17, 15) is 0 Å². The van der Waals surface area contributed by atoms with E-state index in [0.29, 0.717) is 28.2 Å². The lowest BCUT2D eigenvalue weighted by Gasteiger charge is -2.12. The molecule has 9 heteroatoms. The van der Waals surface area contributed by atoms with Crippen LogP contribution in [-0.2, 0) is 19.6 Å². The summed E-state index contributed by atoms with van der Waals surface area (Å²) >= 11 is 17.6. The van der Waals surface area contributed by atoms with Gasteiger partial charge in [0.2, 0.25) is 0 Å². The predicted octanol–water partition coefficient (Wildman–Crippen LogP) is 4.56. The molecule has 0 fully saturated rings. The van der Waals surface area contributed by atoms with Crippen LogP contribution < -0.4 is 10.6 Å². The maximum absolute atomic E-state index is 6.12. The second-order valence-corrected chi connectivity index (χ2v) is 7.62. The van der Waals surface area contributed by atoms with Crippen LogP contribution in [0.4, 0.5) is 5.69 Å². The molecule has 148 valence electrons. The van der Waals surface area contributed by atoms with Crippen molar-refractivity contribution in [1.29, 1.82) is 0 Å². The number of anilines is 1. The molecule has 2 heterocycles. The van der Waals surface area contributed by atoms with Crippen molar-refractivity contribution in [3.8, 4) is 0 Å². The van der Waals surface area contributed by atoms with Gasteiger partial charge in [-0.15, -0.1) is 0 Å². The number of hydrogen-bond acceptors (Lipinski definition) is 3. The lowest BCUT2D eigenvalue weighted by atomic mass is 10.2. The van der Waals surface area contributed by atoms with Gasteiger partial charge in [-0.05, 0) is 56.8 Å². The van der Waals surface area contributed by atoms with Crippen molar-refractivity contribution in [2.75, 3.05) is 5.32 Å². The van der Waals surface area contributed by atoms with Crippen LogP contribution in [0.15, 0.2) is 30.5 Å². The molecule has 0 aliphatic carbocycles. The number of aryl methyl sites for hydroxylation is 2. The number of nitrogens with one attached hydrogen (secondary N) is 2. The first-order valence-corrected chi connectivity index (χ1v) is 10.1. The average Bonchev–Trinajstić information content (AvgIpc) is 3.22. The van der Waals surface area contributed by atoms with Crippen LogP contribution in [-0.4, -0.2) is 24.7 Å². The topological polar surface area (TPSA) is 59.7 Å². The van der Waals surface area contributed by atoms with Gasteiger partial charge in [-0.2, -0.15) is 10.2 Å². The molecule has 0 unspecified atom stereocenters. The summed E-state index contributed by atoms with van der Waals surface area (Å²) in [5.41, 5.74) is 4.88. The van der Waals surface area contributed by atoms with E-state index >= 15 is 0 Å². The molecule has 0 bridgehead atoms. The minimum Gasteiger partial charge on any atom is -0.357 e. The fraction of sp³-hybridized carbons (Fsp3) is 0.316. The SMILES string of the molecule is CCn1nccc1CNC(=S)Nc1c(C)nn(Cc2ccc(Cl)c(Cl)c2)c1C. The van der Waals surface area contributed by atoms with Gasteiger partial charge >= 0.3 is 0 Å². The highest BCUT2D eigenvalue weighted by atomic mass is 35.5. The van der Waals surface area contributed by atoms with Gasteiger partial charge in [0.25, 0.3) is 0 Å². The van der Waals surface area contributed by atoms with Crippen LogP contribution in [0.5, 0.6) is 0 Å². The summed E-state index contributed by atoms with van der Waals surface area (Å²) in [6, 6.07) is 7.58. The number of aromatic nitrogens is 4. The normalized spacial score (nSPS) is 10.9. The van der Waals surface area contributed by atoms with E-state index < -0.39 is 0 Å². The summed E-state index contributed by atoms with van der Waals surface area (Å²) in [6.07, 6.45) is 1.79. The number of hydrogen-bond donors (Lipinski definition) is 2. The molecule has 1 aromatic carbocycles. The third-order valence-electron chi connectivity index (χ3n) is 4.47. The van der Waals surface area contributed by atoms with Crippen molar-refractivity contribution in [1.82, 2.24) is 24.9 Å². The smallest absolute Gasteiger partial charge is 0.171 e. The summed E-state index contributed by atoms with van der Waals surface area (Å²) in [7, 11) is 0. The predicted molar refractivity (Wildman–Crippen MR) is 118 cm³/mol. The Hall–Kier alpha value is -2.09. The molecule has 0 aliphatic heterocycles. The van der Waals surface area contributed by atoms with Crippen molar-refractivity contribution in [2.45, 2.75) is 40.4 Å². The van der Waals surface area contributed by atoms with Gasteiger partial charge < -0.3 is 10.6 Å². The van der Waals surface area contributed by atoms with Crippen LogP contribution in [0, 0.1) is 13.8 Å². The Morgan fingerprint density at radius 3 is 2.64 bits per heavy atom. The molecule has 0 amide bonds. The molecule has 6 nitrogen and oxygen atoms in total. The Morgan fingerprint density at radius 1 is 1.14 bits per heavy atom. The number of benzene rings is 1. The Bertz CT molecular complexity index is 994. The zero-order chi connectivity index (χ0) is 20.3. The standard InChI is InChI=1S/C19H22Cl2N6S/c1-4-26-15(7-8-23-26)10-22-19(28)24-18-12(2)25-27(13(18)3)11-14-5-6-16(20)17(21)9-14/h5-9H,4,10-11H2,1-3H3,(H2,22,24,28). The van der Waals surface area contributed by atoms with Gasteiger partial charge in [0.1, 0.15) is 0 Å². The van der Waals surface area contributed by atoms with Crippen LogP contribution in [0.3, 0.4) is 0 Å². The van der Waals surface area contributed by atoms with Crippen LogP contribution >= 0.6 is 35.4 Å². The molecule has 0 spiro atoms. The van der Waals surface area contributed by atoms with Gasteiger partial charge in [0, 0.05) is 12.7 Å². The highest BCUT2D eigenvalue weighted by Gasteiger charge is 2.14. The lowest BCUT2D eigenvalue weighted by molar-refractivity contribution is 0.614. The number of rotatable bonds is 6. The van der Waals surface area contributed by atoms with E-state index in [1.54, 1.807) is 12.3 Å². The van der Waals surface area contributed by atoms with E-state index in [2.05, 4.69) is 27.8 Å². The highest BCUT2D eigenvalue weighted by Crippen LogP contribution is 2.25. The first-order valence-electron chi connectivity index (χ1n) is 8.92. The van der Waals surface area contributed by atoms with Gasteiger partial charge in [-0.1, -0.05) is 29.3 Å². The first kappa shape index (κ1) is 20.6. The molecular weight excluding hydrogens is 415 g/mol. The summed E-state index contributed by atoms with van der Waals surface area (Å²) in [5, 5.41) is 17.0. The monoisotopic (exact) mass is 436 g/mol. The molecule has 2 N–H and O–H groups in total. The highest BCUT2D eigenvalue weighted by molar-refractivity contribution is 7.80. The first-order chi connectivity index (χ1) is 13.4. The van der Waals surface area contributed by atoms with E-state index in [-0.39, 0.29) is 0 Å². The van der Waals surface area contributed by atoms with E-state index in [0.717, 1.165) is 34.9 Å². The zero-order valence-electron chi connectivity index (χ0n) is 16.0. The van der Waals surface area contributed by atoms with Crippen LogP contribution in [0.1, 0.15) is 29.6 Å². The Balaban J connectivity index is 1.67. The molecule has 3 rings (SSSR count). The molecular formula is C19H22Cl2N6S. The van der Waals surface area contributed by atoms with Crippen LogP contribution in [0.2, 0.25) is 10.0 Å². The Kier molecular flexibility index (Phi) is 6.59. The second-order valence-electron chi connectivity index (χ2n) is 6.40. The van der Waals surface area contributed by atoms with Crippen molar-refractivity contribution >= 4 is 46.2 Å². The third kappa shape index (κ3) is 4.66. The Labute approximate surface area is 179 Å². The van der Waals surface area contributed by atoms with E-state index in [4.69, 9.17) is 35.4 Å². The maximum Gasteiger partial charge on any atom is 0.171 e. The lowest BCUT2D eigenvalue weighted by Crippen LogP contribution is -2.29. The molecule has 0 aliphatic rings. The fourth-order valence-electron chi connectivity index (χ4n) is 2.97. The van der Waals surface area contributed by atoms with Crippen molar-refractivity contribution < 1.29 is 0 Å². The number of nitrogens with zero attached hydrogens (tertiary/aromatic N) is 4. The maximum atomic E-state index is 6.12. The van der Waals surface area contributed by atoms with Crippen molar-refractivity contribution in [3.63, 3.8) is 0 Å². The molecule has 0 saturated heterocycles. The Morgan fingerprint density at radius 2 is 1.93 bits per heavy atom.